The Bertz CT molecular complexity index is 846. The van der Waals surface area contributed by atoms with E-state index in [1.807, 2.05) is 25.2 Å². The highest BCUT2D eigenvalue weighted by atomic mass is 16.5. The number of hydrogen-bond donors (Lipinski definition) is 0. The number of aromatic nitrogens is 2. The fraction of sp³-hybridized carbons (Fsp3) is 0.176. The summed E-state index contributed by atoms with van der Waals surface area (Å²) >= 11 is 0. The summed E-state index contributed by atoms with van der Waals surface area (Å²) in [5, 5.41) is 2.24. The lowest BCUT2D eigenvalue weighted by molar-refractivity contribution is -0.137. The zero-order chi connectivity index (χ0) is 14.8. The molecule has 106 valence electrons. The number of nitrogens with zero attached hydrogens (tertiary/aromatic N) is 2. The topological polar surface area (TPSA) is 44.1 Å². The van der Waals surface area contributed by atoms with Crippen molar-refractivity contribution < 1.29 is 9.53 Å². The molecule has 0 unspecified atom stereocenters. The molecule has 21 heavy (non-hydrogen) atoms. The predicted octanol–water partition coefficient (Wildman–Crippen LogP) is 3.30. The third-order valence-corrected chi connectivity index (χ3v) is 3.46. The summed E-state index contributed by atoms with van der Waals surface area (Å²) in [4.78, 5) is 15.9. The lowest BCUT2D eigenvalue weighted by atomic mass is 10.1. The van der Waals surface area contributed by atoms with Crippen LogP contribution >= 0.6 is 0 Å². The molecule has 4 nitrogen and oxygen atoms in total. The Morgan fingerprint density at radius 1 is 1.33 bits per heavy atom. The van der Waals surface area contributed by atoms with Crippen molar-refractivity contribution in [2.45, 2.75) is 6.92 Å². The lowest BCUT2D eigenvalue weighted by Crippen LogP contribution is -1.98. The van der Waals surface area contributed by atoms with Gasteiger partial charge in [0.2, 0.25) is 0 Å². The average molecular weight is 280 g/mol. The molecular formula is C17H16N2O2. The van der Waals surface area contributed by atoms with Gasteiger partial charge in [0.1, 0.15) is 5.65 Å². The molecule has 0 amide bonds. The predicted molar refractivity (Wildman–Crippen MR) is 83.9 cm³/mol. The molecule has 2 aromatic heterocycles. The van der Waals surface area contributed by atoms with Gasteiger partial charge in [0, 0.05) is 30.1 Å². The number of carbonyl (C=O) groups excluding carboxylic acids is 1. The minimum Gasteiger partial charge on any atom is -0.463 e. The number of para-hydroxylation sites is 1. The van der Waals surface area contributed by atoms with Crippen LogP contribution < -0.4 is 0 Å². The van der Waals surface area contributed by atoms with Crippen LogP contribution in [0.2, 0.25) is 0 Å². The monoisotopic (exact) mass is 280 g/mol. The zero-order valence-corrected chi connectivity index (χ0v) is 12.0. The molecule has 0 aliphatic carbocycles. The molecule has 0 fully saturated rings. The second-order valence-electron chi connectivity index (χ2n) is 4.80. The minimum absolute atomic E-state index is 0.337. The summed E-state index contributed by atoms with van der Waals surface area (Å²) in [7, 11) is 2.01. The highest BCUT2D eigenvalue weighted by molar-refractivity contribution is 6.07. The van der Waals surface area contributed by atoms with E-state index in [0.717, 1.165) is 27.5 Å². The van der Waals surface area contributed by atoms with Crippen molar-refractivity contribution in [2.24, 2.45) is 7.05 Å². The Morgan fingerprint density at radius 2 is 2.14 bits per heavy atom. The molecule has 3 rings (SSSR count). The number of benzene rings is 1. The van der Waals surface area contributed by atoms with Gasteiger partial charge in [-0.15, -0.1) is 0 Å². The summed E-state index contributed by atoms with van der Waals surface area (Å²) in [5.41, 5.74) is 2.96. The number of fused-ring (bicyclic) bond motifs is 3. The van der Waals surface area contributed by atoms with Crippen LogP contribution in [0.1, 0.15) is 12.5 Å². The Labute approximate surface area is 122 Å². The number of esters is 1. The molecule has 0 saturated heterocycles. The summed E-state index contributed by atoms with van der Waals surface area (Å²) in [5.74, 6) is -0.337. The van der Waals surface area contributed by atoms with Crippen LogP contribution in [0.25, 0.3) is 28.0 Å². The van der Waals surface area contributed by atoms with Gasteiger partial charge in [-0.25, -0.2) is 9.78 Å². The molecule has 0 aliphatic heterocycles. The van der Waals surface area contributed by atoms with Crippen LogP contribution in [0.3, 0.4) is 0 Å². The van der Waals surface area contributed by atoms with E-state index in [-0.39, 0.29) is 5.97 Å². The smallest absolute Gasteiger partial charge is 0.330 e. The van der Waals surface area contributed by atoms with Crippen molar-refractivity contribution in [2.75, 3.05) is 6.61 Å². The molecule has 2 heterocycles. The molecule has 0 saturated carbocycles. The standard InChI is InChI=1S/C17H16N2O2/c1-3-21-16(20)9-8-12-10-14-13-6-4-5-7-15(13)19(2)17(14)18-11-12/h4-11H,3H2,1-2H3/b9-8+. The summed E-state index contributed by atoms with van der Waals surface area (Å²) < 4.78 is 6.95. The molecule has 0 aliphatic rings. The number of aryl methyl sites for hydroxylation is 1. The van der Waals surface area contributed by atoms with Gasteiger partial charge in [-0.05, 0) is 30.7 Å². The van der Waals surface area contributed by atoms with Crippen molar-refractivity contribution in [3.8, 4) is 0 Å². The second-order valence-corrected chi connectivity index (χ2v) is 4.80. The van der Waals surface area contributed by atoms with Gasteiger partial charge in [0.25, 0.3) is 0 Å². The molecular weight excluding hydrogens is 264 g/mol. The van der Waals surface area contributed by atoms with Gasteiger partial charge in [-0.3, -0.25) is 0 Å². The van der Waals surface area contributed by atoms with Crippen LogP contribution in [-0.4, -0.2) is 22.1 Å². The van der Waals surface area contributed by atoms with Crippen LogP contribution in [0, 0.1) is 0 Å². The minimum atomic E-state index is -0.337. The maximum absolute atomic E-state index is 11.4. The molecule has 0 atom stereocenters. The maximum atomic E-state index is 11.4. The van der Waals surface area contributed by atoms with Crippen molar-refractivity contribution in [1.82, 2.24) is 9.55 Å². The third kappa shape index (κ3) is 2.40. The third-order valence-electron chi connectivity index (χ3n) is 3.46. The highest BCUT2D eigenvalue weighted by Gasteiger charge is 2.08. The van der Waals surface area contributed by atoms with Gasteiger partial charge >= 0.3 is 5.97 Å². The van der Waals surface area contributed by atoms with Crippen LogP contribution in [0.5, 0.6) is 0 Å². The van der Waals surface area contributed by atoms with E-state index >= 15 is 0 Å². The summed E-state index contributed by atoms with van der Waals surface area (Å²) in [6, 6.07) is 10.2. The van der Waals surface area contributed by atoms with Gasteiger partial charge in [-0.2, -0.15) is 0 Å². The van der Waals surface area contributed by atoms with E-state index < -0.39 is 0 Å². The first-order valence-electron chi connectivity index (χ1n) is 6.88. The average Bonchev–Trinajstić information content (AvgIpc) is 2.79. The van der Waals surface area contributed by atoms with Crippen LogP contribution in [0.15, 0.2) is 42.6 Å². The van der Waals surface area contributed by atoms with Gasteiger partial charge in [0.05, 0.1) is 12.1 Å². The number of hydrogen-bond acceptors (Lipinski definition) is 3. The molecule has 0 bridgehead atoms. The Hall–Kier alpha value is -2.62. The Kier molecular flexibility index (Phi) is 3.44. The normalized spacial score (nSPS) is 11.5. The first kappa shape index (κ1) is 13.4. The van der Waals surface area contributed by atoms with E-state index in [1.54, 1.807) is 19.2 Å². The van der Waals surface area contributed by atoms with E-state index in [1.165, 1.54) is 6.08 Å². The summed E-state index contributed by atoms with van der Waals surface area (Å²) in [6.07, 6.45) is 4.92. The second kappa shape index (κ2) is 5.40. The van der Waals surface area contributed by atoms with Crippen LogP contribution in [0.4, 0.5) is 0 Å². The van der Waals surface area contributed by atoms with Crippen molar-refractivity contribution in [1.29, 1.82) is 0 Å². The number of carbonyl (C=O) groups is 1. The molecule has 0 spiro atoms. The fourth-order valence-electron chi connectivity index (χ4n) is 2.49. The van der Waals surface area contributed by atoms with Gasteiger partial charge < -0.3 is 9.30 Å². The Balaban J connectivity index is 2.08. The lowest BCUT2D eigenvalue weighted by Gasteiger charge is -1.98. The highest BCUT2D eigenvalue weighted by Crippen LogP contribution is 2.27. The van der Waals surface area contributed by atoms with E-state index in [2.05, 4.69) is 21.7 Å². The van der Waals surface area contributed by atoms with E-state index in [4.69, 9.17) is 4.74 Å². The van der Waals surface area contributed by atoms with Gasteiger partial charge in [0.15, 0.2) is 0 Å². The number of rotatable bonds is 3. The molecule has 0 radical (unpaired) electrons. The van der Waals surface area contributed by atoms with Crippen LogP contribution in [-0.2, 0) is 16.6 Å². The van der Waals surface area contributed by atoms with E-state index in [9.17, 15) is 4.79 Å². The largest absolute Gasteiger partial charge is 0.463 e. The fourth-order valence-corrected chi connectivity index (χ4v) is 2.49. The first-order valence-corrected chi connectivity index (χ1v) is 6.88. The first-order chi connectivity index (χ1) is 10.2. The summed E-state index contributed by atoms with van der Waals surface area (Å²) in [6.45, 7) is 2.17. The maximum Gasteiger partial charge on any atom is 0.330 e. The van der Waals surface area contributed by atoms with Crippen molar-refractivity contribution in [3.63, 3.8) is 0 Å². The molecule has 4 heteroatoms. The van der Waals surface area contributed by atoms with Crippen molar-refractivity contribution >= 4 is 34.0 Å². The quantitative estimate of drug-likeness (QED) is 0.546. The Morgan fingerprint density at radius 3 is 2.95 bits per heavy atom. The van der Waals surface area contributed by atoms with Gasteiger partial charge in [-0.1, -0.05) is 18.2 Å². The zero-order valence-electron chi connectivity index (χ0n) is 12.0. The van der Waals surface area contributed by atoms with Crippen molar-refractivity contribution in [3.05, 3.63) is 48.2 Å². The molecule has 1 aromatic carbocycles. The SMILES string of the molecule is CCOC(=O)/C=C/c1cnc2c(c1)c1ccccc1n2C. The molecule has 0 N–H and O–H groups in total. The number of ether oxygens (including phenoxy) is 1. The number of pyridine rings is 1. The molecule has 3 aromatic rings. The van der Waals surface area contributed by atoms with E-state index in [0.29, 0.717) is 6.61 Å².